The van der Waals surface area contributed by atoms with Crippen molar-refractivity contribution in [3.63, 3.8) is 0 Å². The number of benzene rings is 1. The Hall–Kier alpha value is -1.76. The molecular formula is C18H24BrNO5. The summed E-state index contributed by atoms with van der Waals surface area (Å²) in [6.07, 6.45) is 3.11. The summed E-state index contributed by atoms with van der Waals surface area (Å²) in [4.78, 5) is 26.4. The highest BCUT2D eigenvalue weighted by Crippen LogP contribution is 2.36. The van der Waals surface area contributed by atoms with E-state index in [1.165, 1.54) is 7.11 Å². The topological polar surface area (TPSA) is 65.1 Å². The van der Waals surface area contributed by atoms with Crippen molar-refractivity contribution < 1.29 is 23.8 Å². The number of esters is 1. The summed E-state index contributed by atoms with van der Waals surface area (Å²) in [5.41, 5.74) is 0.301. The van der Waals surface area contributed by atoms with Gasteiger partial charge >= 0.3 is 5.97 Å². The molecule has 1 aliphatic rings. The van der Waals surface area contributed by atoms with Gasteiger partial charge in [0, 0.05) is 12.6 Å². The van der Waals surface area contributed by atoms with Gasteiger partial charge in [0.1, 0.15) is 0 Å². The van der Waals surface area contributed by atoms with Crippen LogP contribution in [0.3, 0.4) is 0 Å². The second-order valence-corrected chi connectivity index (χ2v) is 6.78. The molecule has 1 atom stereocenters. The van der Waals surface area contributed by atoms with Crippen molar-refractivity contribution in [3.05, 3.63) is 22.2 Å². The van der Waals surface area contributed by atoms with Crippen LogP contribution in [0.4, 0.5) is 0 Å². The van der Waals surface area contributed by atoms with E-state index in [4.69, 9.17) is 14.2 Å². The van der Waals surface area contributed by atoms with Crippen molar-refractivity contribution in [1.29, 1.82) is 0 Å². The normalized spacial score (nSPS) is 17.1. The summed E-state index contributed by atoms with van der Waals surface area (Å²) in [5, 5.41) is 0. The molecule has 0 spiro atoms. The summed E-state index contributed by atoms with van der Waals surface area (Å²) in [6.45, 7) is 4.77. The lowest BCUT2D eigenvalue weighted by atomic mass is 10.0. The minimum absolute atomic E-state index is 0.154. The van der Waals surface area contributed by atoms with Gasteiger partial charge in [0.15, 0.2) is 18.1 Å². The Morgan fingerprint density at radius 1 is 1.32 bits per heavy atom. The summed E-state index contributed by atoms with van der Waals surface area (Å²) in [7, 11) is 1.53. The molecule has 1 fully saturated rings. The Labute approximate surface area is 156 Å². The molecule has 1 aromatic rings. The Bertz CT molecular complexity index is 634. The Morgan fingerprint density at radius 2 is 2.08 bits per heavy atom. The second-order valence-electron chi connectivity index (χ2n) is 5.93. The van der Waals surface area contributed by atoms with Crippen molar-refractivity contribution in [2.45, 2.75) is 39.2 Å². The van der Waals surface area contributed by atoms with Crippen LogP contribution in [0.5, 0.6) is 11.5 Å². The second kappa shape index (κ2) is 9.08. The molecule has 2 rings (SSSR count). The van der Waals surface area contributed by atoms with Crippen LogP contribution in [-0.2, 0) is 9.53 Å². The molecule has 0 radical (unpaired) electrons. The lowest BCUT2D eigenvalue weighted by molar-refractivity contribution is -0.137. The number of carbonyl (C=O) groups excluding carboxylic acids is 2. The Balaban J connectivity index is 2.04. The summed E-state index contributed by atoms with van der Waals surface area (Å²) in [6, 6.07) is 3.35. The highest BCUT2D eigenvalue weighted by molar-refractivity contribution is 9.10. The number of hydrogen-bond donors (Lipinski definition) is 0. The summed E-state index contributed by atoms with van der Waals surface area (Å²) in [5.74, 6) is 0.236. The third-order valence-electron chi connectivity index (χ3n) is 4.20. The minimum atomic E-state index is -0.567. The predicted molar refractivity (Wildman–Crippen MR) is 97.2 cm³/mol. The maximum absolute atomic E-state index is 12.3. The number of carbonyl (C=O) groups is 2. The molecule has 0 unspecified atom stereocenters. The molecule has 1 aromatic carbocycles. The highest BCUT2D eigenvalue weighted by atomic mass is 79.9. The van der Waals surface area contributed by atoms with Crippen LogP contribution in [0.15, 0.2) is 16.6 Å². The van der Waals surface area contributed by atoms with E-state index >= 15 is 0 Å². The van der Waals surface area contributed by atoms with Gasteiger partial charge in [-0.1, -0.05) is 0 Å². The quantitative estimate of drug-likeness (QED) is 0.668. The van der Waals surface area contributed by atoms with Gasteiger partial charge < -0.3 is 19.1 Å². The molecule has 1 aliphatic heterocycles. The molecule has 1 saturated heterocycles. The number of likely N-dealkylation sites (tertiary alicyclic amines) is 1. The summed E-state index contributed by atoms with van der Waals surface area (Å²) >= 11 is 3.36. The molecule has 1 heterocycles. The monoisotopic (exact) mass is 413 g/mol. The number of nitrogens with zero attached hydrogens (tertiary/aromatic N) is 1. The number of hydrogen-bond acceptors (Lipinski definition) is 5. The van der Waals surface area contributed by atoms with Crippen LogP contribution in [0, 0.1) is 0 Å². The fraction of sp³-hybridized carbons (Fsp3) is 0.556. The SMILES string of the molecule is CCOc1cc(C(=O)OCC(=O)N2CCCC[C@H]2C)cc(Br)c1OC. The van der Waals surface area contributed by atoms with E-state index < -0.39 is 5.97 Å². The van der Waals surface area contributed by atoms with Crippen LogP contribution >= 0.6 is 15.9 Å². The van der Waals surface area contributed by atoms with Gasteiger partial charge in [-0.05, 0) is 61.2 Å². The van der Waals surface area contributed by atoms with Crippen molar-refractivity contribution in [2.75, 3.05) is 26.9 Å². The average Bonchev–Trinajstić information content (AvgIpc) is 2.59. The first-order valence-electron chi connectivity index (χ1n) is 8.44. The molecule has 6 nitrogen and oxygen atoms in total. The third-order valence-corrected chi connectivity index (χ3v) is 4.79. The average molecular weight is 414 g/mol. The molecule has 25 heavy (non-hydrogen) atoms. The molecule has 0 aliphatic carbocycles. The van der Waals surface area contributed by atoms with Crippen LogP contribution < -0.4 is 9.47 Å². The smallest absolute Gasteiger partial charge is 0.338 e. The molecule has 1 amide bonds. The lowest BCUT2D eigenvalue weighted by Gasteiger charge is -2.33. The number of piperidine rings is 1. The Kier molecular flexibility index (Phi) is 7.11. The molecular weight excluding hydrogens is 390 g/mol. The first-order valence-corrected chi connectivity index (χ1v) is 9.24. The number of halogens is 1. The zero-order chi connectivity index (χ0) is 18.4. The van der Waals surface area contributed by atoms with Gasteiger partial charge in [-0.15, -0.1) is 0 Å². The van der Waals surface area contributed by atoms with E-state index in [1.807, 2.05) is 13.8 Å². The van der Waals surface area contributed by atoms with Crippen LogP contribution in [0.1, 0.15) is 43.5 Å². The zero-order valence-electron chi connectivity index (χ0n) is 14.8. The van der Waals surface area contributed by atoms with Crippen molar-refractivity contribution >= 4 is 27.8 Å². The third kappa shape index (κ3) is 4.87. The Morgan fingerprint density at radius 3 is 2.72 bits per heavy atom. The van der Waals surface area contributed by atoms with E-state index in [1.54, 1.807) is 17.0 Å². The summed E-state index contributed by atoms with van der Waals surface area (Å²) < 4.78 is 16.6. The maximum atomic E-state index is 12.3. The largest absolute Gasteiger partial charge is 0.492 e. The van der Waals surface area contributed by atoms with Crippen molar-refractivity contribution in [3.8, 4) is 11.5 Å². The van der Waals surface area contributed by atoms with Crippen molar-refractivity contribution in [2.24, 2.45) is 0 Å². The zero-order valence-corrected chi connectivity index (χ0v) is 16.4. The fourth-order valence-electron chi connectivity index (χ4n) is 2.91. The first kappa shape index (κ1) is 19.6. The fourth-order valence-corrected chi connectivity index (χ4v) is 3.51. The van der Waals surface area contributed by atoms with Crippen LogP contribution in [0.2, 0.25) is 0 Å². The highest BCUT2D eigenvalue weighted by Gasteiger charge is 2.24. The number of amides is 1. The minimum Gasteiger partial charge on any atom is -0.492 e. The lowest BCUT2D eigenvalue weighted by Crippen LogP contribution is -2.44. The van der Waals surface area contributed by atoms with Gasteiger partial charge in [-0.25, -0.2) is 4.79 Å². The van der Waals surface area contributed by atoms with Gasteiger partial charge in [0.05, 0.1) is 23.8 Å². The molecule has 0 N–H and O–H groups in total. The molecule has 0 saturated carbocycles. The predicted octanol–water partition coefficient (Wildman–Crippen LogP) is 3.41. The molecule has 7 heteroatoms. The first-order chi connectivity index (χ1) is 12.0. The van der Waals surface area contributed by atoms with Crippen LogP contribution in [-0.4, -0.2) is 49.7 Å². The van der Waals surface area contributed by atoms with Crippen molar-refractivity contribution in [1.82, 2.24) is 4.90 Å². The molecule has 0 aromatic heterocycles. The maximum Gasteiger partial charge on any atom is 0.338 e. The standard InChI is InChI=1S/C18H24BrNO5/c1-4-24-15-10-13(9-14(19)17(15)23-3)18(22)25-11-16(21)20-8-6-5-7-12(20)2/h9-10,12H,4-8,11H2,1-3H3/t12-/m1/s1. The van der Waals surface area contributed by atoms with E-state index in [0.29, 0.717) is 28.1 Å². The van der Waals surface area contributed by atoms with Gasteiger partial charge in [0.2, 0.25) is 0 Å². The number of rotatable bonds is 6. The van der Waals surface area contributed by atoms with Crippen LogP contribution in [0.25, 0.3) is 0 Å². The van der Waals surface area contributed by atoms with E-state index in [-0.39, 0.29) is 18.6 Å². The number of methoxy groups -OCH3 is 1. The van der Waals surface area contributed by atoms with Gasteiger partial charge in [-0.2, -0.15) is 0 Å². The van der Waals surface area contributed by atoms with Gasteiger partial charge in [-0.3, -0.25) is 4.79 Å². The molecule has 138 valence electrons. The number of ether oxygens (including phenoxy) is 3. The van der Waals surface area contributed by atoms with Gasteiger partial charge in [0.25, 0.3) is 5.91 Å². The van der Waals surface area contributed by atoms with E-state index in [2.05, 4.69) is 15.9 Å². The van der Waals surface area contributed by atoms with E-state index in [0.717, 1.165) is 25.8 Å². The van der Waals surface area contributed by atoms with E-state index in [9.17, 15) is 9.59 Å². The molecule has 0 bridgehead atoms.